The highest BCUT2D eigenvalue weighted by atomic mass is 16.5. The lowest BCUT2D eigenvalue weighted by Gasteiger charge is -2.27. The van der Waals surface area contributed by atoms with E-state index in [1.807, 2.05) is 6.07 Å². The van der Waals surface area contributed by atoms with Crippen molar-refractivity contribution in [2.75, 3.05) is 7.11 Å². The Balaban J connectivity index is 1.72. The summed E-state index contributed by atoms with van der Waals surface area (Å²) in [7, 11) is 1.55. The Kier molecular flexibility index (Phi) is 4.29. The maximum absolute atomic E-state index is 13.0. The van der Waals surface area contributed by atoms with Crippen molar-refractivity contribution in [2.45, 2.75) is 6.54 Å². The molecule has 0 unspecified atom stereocenters. The molecule has 0 saturated heterocycles. The molecule has 1 aliphatic heterocycles. The van der Waals surface area contributed by atoms with Gasteiger partial charge in [-0.1, -0.05) is 24.3 Å². The van der Waals surface area contributed by atoms with Gasteiger partial charge in [-0.3, -0.25) is 24.5 Å². The molecule has 3 aromatic carbocycles. The number of benzene rings is 3. The SMILES string of the molecule is COc1ccc2c3c(cccc13)C(=O)N(Cc1ccc(C(=O)NO)cc1)C2=O. The van der Waals surface area contributed by atoms with Gasteiger partial charge in [-0.15, -0.1) is 0 Å². The molecule has 0 aliphatic carbocycles. The summed E-state index contributed by atoms with van der Waals surface area (Å²) in [5, 5.41) is 10.0. The van der Waals surface area contributed by atoms with Crippen LogP contribution in [0.15, 0.2) is 54.6 Å². The van der Waals surface area contributed by atoms with Crippen LogP contribution in [0.5, 0.6) is 5.75 Å². The molecule has 1 heterocycles. The van der Waals surface area contributed by atoms with Gasteiger partial charge in [0.25, 0.3) is 17.7 Å². The van der Waals surface area contributed by atoms with E-state index in [-0.39, 0.29) is 23.9 Å². The fraction of sp³-hybridized carbons (Fsp3) is 0.0952. The predicted octanol–water partition coefficient (Wildman–Crippen LogP) is 2.76. The van der Waals surface area contributed by atoms with Gasteiger partial charge in [-0.2, -0.15) is 0 Å². The fourth-order valence-electron chi connectivity index (χ4n) is 3.45. The van der Waals surface area contributed by atoms with E-state index >= 15 is 0 Å². The number of carbonyl (C=O) groups is 3. The van der Waals surface area contributed by atoms with Gasteiger partial charge < -0.3 is 4.74 Å². The molecule has 2 N–H and O–H groups in total. The van der Waals surface area contributed by atoms with Crippen molar-refractivity contribution in [3.05, 3.63) is 76.9 Å². The summed E-state index contributed by atoms with van der Waals surface area (Å²) in [6, 6.07) is 15.0. The maximum atomic E-state index is 13.0. The van der Waals surface area contributed by atoms with Crippen LogP contribution >= 0.6 is 0 Å². The van der Waals surface area contributed by atoms with Crippen LogP contribution in [0.1, 0.15) is 36.6 Å². The third-order valence-electron chi connectivity index (χ3n) is 4.83. The molecular weight excluding hydrogens is 360 g/mol. The quantitative estimate of drug-likeness (QED) is 0.415. The highest BCUT2D eigenvalue weighted by Gasteiger charge is 2.33. The Hall–Kier alpha value is -3.71. The fourth-order valence-corrected chi connectivity index (χ4v) is 3.45. The van der Waals surface area contributed by atoms with E-state index in [1.165, 1.54) is 17.0 Å². The molecule has 0 aromatic heterocycles. The number of nitrogens with one attached hydrogen (secondary N) is 1. The number of imide groups is 1. The van der Waals surface area contributed by atoms with Gasteiger partial charge in [0.15, 0.2) is 0 Å². The second-order valence-corrected chi connectivity index (χ2v) is 6.38. The Morgan fingerprint density at radius 3 is 2.32 bits per heavy atom. The van der Waals surface area contributed by atoms with E-state index < -0.39 is 5.91 Å². The average Bonchev–Trinajstić information content (AvgIpc) is 2.74. The Labute approximate surface area is 160 Å². The Morgan fingerprint density at radius 2 is 1.68 bits per heavy atom. The van der Waals surface area contributed by atoms with Crippen LogP contribution in [0.4, 0.5) is 0 Å². The van der Waals surface area contributed by atoms with Crippen molar-refractivity contribution in [3.8, 4) is 5.75 Å². The molecule has 0 radical (unpaired) electrons. The number of hydrogen-bond acceptors (Lipinski definition) is 5. The molecule has 7 nitrogen and oxygen atoms in total. The lowest BCUT2D eigenvalue weighted by molar-refractivity contribution is 0.0597. The van der Waals surface area contributed by atoms with Crippen LogP contribution in [-0.2, 0) is 6.54 Å². The topological polar surface area (TPSA) is 95.9 Å². The summed E-state index contributed by atoms with van der Waals surface area (Å²) < 4.78 is 5.35. The van der Waals surface area contributed by atoms with E-state index in [4.69, 9.17) is 9.94 Å². The molecular formula is C21H16N2O5. The summed E-state index contributed by atoms with van der Waals surface area (Å²) in [6.45, 7) is 0.0700. The lowest BCUT2D eigenvalue weighted by Crippen LogP contribution is -2.39. The molecule has 7 heteroatoms. The van der Waals surface area contributed by atoms with Gasteiger partial charge >= 0.3 is 0 Å². The van der Waals surface area contributed by atoms with E-state index in [1.54, 1.807) is 49.0 Å². The summed E-state index contributed by atoms with van der Waals surface area (Å²) >= 11 is 0. The second-order valence-electron chi connectivity index (χ2n) is 6.38. The van der Waals surface area contributed by atoms with Gasteiger partial charge in [0, 0.05) is 27.5 Å². The minimum atomic E-state index is -0.633. The number of carbonyl (C=O) groups excluding carboxylic acids is 3. The molecule has 0 atom stereocenters. The maximum Gasteiger partial charge on any atom is 0.274 e. The van der Waals surface area contributed by atoms with Crippen molar-refractivity contribution in [1.82, 2.24) is 10.4 Å². The molecule has 4 rings (SSSR count). The summed E-state index contributed by atoms with van der Waals surface area (Å²) in [6.07, 6.45) is 0. The van der Waals surface area contributed by atoms with E-state index in [0.29, 0.717) is 27.8 Å². The van der Waals surface area contributed by atoms with Gasteiger partial charge in [0.05, 0.1) is 13.7 Å². The van der Waals surface area contributed by atoms with Crippen molar-refractivity contribution < 1.29 is 24.3 Å². The highest BCUT2D eigenvalue weighted by molar-refractivity contribution is 6.26. The monoisotopic (exact) mass is 376 g/mol. The zero-order chi connectivity index (χ0) is 19.8. The second kappa shape index (κ2) is 6.79. The third kappa shape index (κ3) is 2.69. The zero-order valence-corrected chi connectivity index (χ0v) is 14.9. The molecule has 28 heavy (non-hydrogen) atoms. The predicted molar refractivity (Wildman–Crippen MR) is 100 cm³/mol. The largest absolute Gasteiger partial charge is 0.496 e. The smallest absolute Gasteiger partial charge is 0.274 e. The molecule has 3 amide bonds. The third-order valence-corrected chi connectivity index (χ3v) is 4.83. The van der Waals surface area contributed by atoms with Crippen LogP contribution in [0.25, 0.3) is 10.8 Å². The molecule has 140 valence electrons. The molecule has 0 saturated carbocycles. The molecule has 1 aliphatic rings. The van der Waals surface area contributed by atoms with Crippen LogP contribution in [0.3, 0.4) is 0 Å². The number of rotatable bonds is 4. The zero-order valence-electron chi connectivity index (χ0n) is 14.9. The number of hydroxylamine groups is 1. The first kappa shape index (κ1) is 17.7. The normalized spacial score (nSPS) is 13.0. The highest BCUT2D eigenvalue weighted by Crippen LogP contribution is 2.35. The molecule has 0 bridgehead atoms. The number of ether oxygens (including phenoxy) is 1. The first-order valence-corrected chi connectivity index (χ1v) is 8.54. The van der Waals surface area contributed by atoms with Crippen molar-refractivity contribution >= 4 is 28.5 Å². The van der Waals surface area contributed by atoms with Crippen molar-refractivity contribution in [1.29, 1.82) is 0 Å². The summed E-state index contributed by atoms with van der Waals surface area (Å²) in [5.41, 5.74) is 3.40. The number of nitrogens with zero attached hydrogens (tertiary/aromatic N) is 1. The summed E-state index contributed by atoms with van der Waals surface area (Å²) in [4.78, 5) is 38.6. The van der Waals surface area contributed by atoms with Gasteiger partial charge in [0.2, 0.25) is 0 Å². The minimum absolute atomic E-state index is 0.0700. The number of methoxy groups -OCH3 is 1. The number of hydrogen-bond donors (Lipinski definition) is 2. The average molecular weight is 376 g/mol. The molecule has 3 aromatic rings. The first-order valence-electron chi connectivity index (χ1n) is 8.54. The molecule has 0 fully saturated rings. The van der Waals surface area contributed by atoms with Crippen LogP contribution in [-0.4, -0.2) is 34.9 Å². The van der Waals surface area contributed by atoms with Crippen molar-refractivity contribution in [3.63, 3.8) is 0 Å². The first-order chi connectivity index (χ1) is 13.5. The van der Waals surface area contributed by atoms with Crippen LogP contribution < -0.4 is 10.2 Å². The molecule has 0 spiro atoms. The van der Waals surface area contributed by atoms with E-state index in [2.05, 4.69) is 0 Å². The van der Waals surface area contributed by atoms with E-state index in [0.717, 1.165) is 5.39 Å². The van der Waals surface area contributed by atoms with Crippen molar-refractivity contribution in [2.24, 2.45) is 0 Å². The lowest BCUT2D eigenvalue weighted by atomic mass is 9.93. The minimum Gasteiger partial charge on any atom is -0.496 e. The van der Waals surface area contributed by atoms with Gasteiger partial charge in [0.1, 0.15) is 5.75 Å². The number of amides is 3. The Morgan fingerprint density at radius 1 is 1.00 bits per heavy atom. The van der Waals surface area contributed by atoms with E-state index in [9.17, 15) is 14.4 Å². The van der Waals surface area contributed by atoms with Crippen LogP contribution in [0, 0.1) is 0 Å². The van der Waals surface area contributed by atoms with Gasteiger partial charge in [-0.05, 0) is 35.9 Å². The Bertz CT molecular complexity index is 1100. The standard InChI is InChI=1S/C21H16N2O5/c1-28-17-10-9-16-18-14(17)3-2-4-15(18)20(25)23(21(16)26)11-12-5-7-13(8-6-12)19(24)22-27/h2-10,27H,11H2,1H3,(H,22,24). The summed E-state index contributed by atoms with van der Waals surface area (Å²) in [5.74, 6) is -0.791. The van der Waals surface area contributed by atoms with Crippen LogP contribution in [0.2, 0.25) is 0 Å². The van der Waals surface area contributed by atoms with Gasteiger partial charge in [-0.25, -0.2) is 5.48 Å².